The van der Waals surface area contributed by atoms with Crippen molar-refractivity contribution >= 4 is 11.9 Å². The summed E-state index contributed by atoms with van der Waals surface area (Å²) in [4.78, 5) is 28.8. The Morgan fingerprint density at radius 3 is 2.38 bits per heavy atom. The van der Waals surface area contributed by atoms with Crippen LogP contribution in [0.5, 0.6) is 0 Å². The van der Waals surface area contributed by atoms with Crippen molar-refractivity contribution in [3.05, 3.63) is 0 Å². The Morgan fingerprint density at radius 1 is 1.21 bits per heavy atom. The summed E-state index contributed by atoms with van der Waals surface area (Å²) in [5.74, 6) is -0.446. The van der Waals surface area contributed by atoms with Crippen molar-refractivity contribution in [2.24, 2.45) is 0 Å². The van der Waals surface area contributed by atoms with E-state index in [9.17, 15) is 22.8 Å². The first-order valence-corrected chi connectivity index (χ1v) is 8.32. The third-order valence-corrected chi connectivity index (χ3v) is 4.33. The lowest BCUT2D eigenvalue weighted by Gasteiger charge is -2.42. The van der Waals surface area contributed by atoms with Crippen LogP contribution < -0.4 is 5.32 Å². The molecule has 138 valence electrons. The van der Waals surface area contributed by atoms with Gasteiger partial charge in [-0.15, -0.1) is 0 Å². The summed E-state index contributed by atoms with van der Waals surface area (Å²) >= 11 is 0. The van der Waals surface area contributed by atoms with E-state index in [-0.39, 0.29) is 18.6 Å². The van der Waals surface area contributed by atoms with E-state index in [1.807, 2.05) is 18.7 Å². The van der Waals surface area contributed by atoms with Gasteiger partial charge >= 0.3 is 12.2 Å². The van der Waals surface area contributed by atoms with Gasteiger partial charge in [0.15, 0.2) is 0 Å². The van der Waals surface area contributed by atoms with E-state index < -0.39 is 24.7 Å². The van der Waals surface area contributed by atoms with Gasteiger partial charge in [0.05, 0.1) is 6.04 Å². The number of alkyl halides is 3. The van der Waals surface area contributed by atoms with E-state index in [1.54, 1.807) is 4.90 Å². The zero-order valence-electron chi connectivity index (χ0n) is 14.1. The summed E-state index contributed by atoms with van der Waals surface area (Å²) in [7, 11) is 0. The van der Waals surface area contributed by atoms with Crippen LogP contribution in [0, 0.1) is 0 Å². The highest BCUT2D eigenvalue weighted by atomic mass is 19.4. The zero-order chi connectivity index (χ0) is 17.9. The lowest BCUT2D eigenvalue weighted by atomic mass is 10.0. The molecule has 0 aromatic rings. The highest BCUT2D eigenvalue weighted by molar-refractivity contribution is 5.82. The van der Waals surface area contributed by atoms with Gasteiger partial charge in [-0.25, -0.2) is 4.79 Å². The summed E-state index contributed by atoms with van der Waals surface area (Å²) in [6.07, 6.45) is -3.23. The van der Waals surface area contributed by atoms with Crippen molar-refractivity contribution in [1.29, 1.82) is 0 Å². The number of hydrogen-bond acceptors (Lipinski definition) is 3. The Kier molecular flexibility index (Phi) is 5.95. The largest absolute Gasteiger partial charge is 0.406 e. The average molecular weight is 350 g/mol. The Morgan fingerprint density at radius 2 is 1.83 bits per heavy atom. The monoisotopic (exact) mass is 350 g/mol. The van der Waals surface area contributed by atoms with Gasteiger partial charge in [0.2, 0.25) is 5.91 Å². The molecule has 0 spiro atoms. The zero-order valence-corrected chi connectivity index (χ0v) is 14.1. The number of amides is 3. The third kappa shape index (κ3) is 4.99. The van der Waals surface area contributed by atoms with Gasteiger partial charge in [-0.2, -0.15) is 13.2 Å². The Balaban J connectivity index is 1.89. The number of halogens is 3. The number of nitrogens with one attached hydrogen (secondary N) is 1. The first-order chi connectivity index (χ1) is 11.2. The molecule has 2 rings (SSSR count). The molecule has 0 aromatic heterocycles. The van der Waals surface area contributed by atoms with E-state index in [4.69, 9.17) is 0 Å². The first-order valence-electron chi connectivity index (χ1n) is 8.32. The lowest BCUT2D eigenvalue weighted by Crippen LogP contribution is -2.60. The van der Waals surface area contributed by atoms with Gasteiger partial charge in [0, 0.05) is 38.8 Å². The SMILES string of the molecule is CC(C)NC(=O)N1CCN([C@H]2CCCN(CC(F)(F)F)C2=O)CC1. The molecule has 2 heterocycles. The third-order valence-electron chi connectivity index (χ3n) is 4.33. The minimum Gasteiger partial charge on any atom is -0.336 e. The summed E-state index contributed by atoms with van der Waals surface area (Å²) in [5, 5.41) is 2.82. The van der Waals surface area contributed by atoms with Gasteiger partial charge in [0.1, 0.15) is 6.54 Å². The molecule has 9 heteroatoms. The fraction of sp³-hybridized carbons (Fsp3) is 0.867. The number of likely N-dealkylation sites (tertiary alicyclic amines) is 1. The predicted octanol–water partition coefficient (Wildman–Crippen LogP) is 1.28. The van der Waals surface area contributed by atoms with Crippen LogP contribution in [0.4, 0.5) is 18.0 Å². The highest BCUT2D eigenvalue weighted by Crippen LogP contribution is 2.23. The van der Waals surface area contributed by atoms with E-state index >= 15 is 0 Å². The fourth-order valence-electron chi connectivity index (χ4n) is 3.21. The van der Waals surface area contributed by atoms with E-state index in [0.717, 1.165) is 4.90 Å². The summed E-state index contributed by atoms with van der Waals surface area (Å²) in [6, 6.07) is -0.596. The molecule has 0 aromatic carbocycles. The van der Waals surface area contributed by atoms with Crippen LogP contribution in [0.2, 0.25) is 0 Å². The second kappa shape index (κ2) is 7.58. The molecule has 0 bridgehead atoms. The maximum atomic E-state index is 12.6. The second-order valence-electron chi connectivity index (χ2n) is 6.66. The Hall–Kier alpha value is -1.51. The number of piperidine rings is 1. The first kappa shape index (κ1) is 18.8. The Labute approximate surface area is 139 Å². The van der Waals surface area contributed by atoms with Gasteiger partial charge < -0.3 is 15.1 Å². The van der Waals surface area contributed by atoms with Gasteiger partial charge in [-0.05, 0) is 26.7 Å². The van der Waals surface area contributed by atoms with Crippen LogP contribution in [0.25, 0.3) is 0 Å². The minimum absolute atomic E-state index is 0.0476. The number of rotatable bonds is 3. The fourth-order valence-corrected chi connectivity index (χ4v) is 3.21. The maximum absolute atomic E-state index is 12.6. The standard InChI is InChI=1S/C15H25F3N4O2/c1-11(2)19-14(24)21-8-6-20(7-9-21)12-4-3-5-22(13(12)23)10-15(16,17)18/h11-12H,3-10H2,1-2H3,(H,19,24)/t12-/m0/s1. The van der Waals surface area contributed by atoms with Crippen LogP contribution in [0.1, 0.15) is 26.7 Å². The van der Waals surface area contributed by atoms with Crippen LogP contribution in [-0.2, 0) is 4.79 Å². The van der Waals surface area contributed by atoms with E-state index in [2.05, 4.69) is 5.32 Å². The number of carbonyl (C=O) groups is 2. The molecule has 6 nitrogen and oxygen atoms in total. The molecule has 2 aliphatic heterocycles. The van der Waals surface area contributed by atoms with Crippen LogP contribution >= 0.6 is 0 Å². The number of urea groups is 1. The molecular formula is C15H25F3N4O2. The van der Waals surface area contributed by atoms with Crippen molar-refractivity contribution in [2.45, 2.75) is 44.9 Å². The molecule has 3 amide bonds. The van der Waals surface area contributed by atoms with E-state index in [1.165, 1.54) is 0 Å². The minimum atomic E-state index is -4.37. The molecule has 2 aliphatic rings. The molecule has 1 atom stereocenters. The quantitative estimate of drug-likeness (QED) is 0.834. The maximum Gasteiger partial charge on any atom is 0.406 e. The van der Waals surface area contributed by atoms with Crippen molar-refractivity contribution in [3.8, 4) is 0 Å². The van der Waals surface area contributed by atoms with Crippen LogP contribution in [-0.4, -0.2) is 84.2 Å². The van der Waals surface area contributed by atoms with Crippen molar-refractivity contribution in [1.82, 2.24) is 20.0 Å². The lowest BCUT2D eigenvalue weighted by molar-refractivity contribution is -0.168. The highest BCUT2D eigenvalue weighted by Gasteiger charge is 2.40. The number of carbonyl (C=O) groups excluding carboxylic acids is 2. The van der Waals surface area contributed by atoms with Gasteiger partial charge in [-0.1, -0.05) is 0 Å². The predicted molar refractivity (Wildman–Crippen MR) is 82.5 cm³/mol. The molecule has 0 saturated carbocycles. The molecule has 2 saturated heterocycles. The Bertz CT molecular complexity index is 462. The number of piperazine rings is 1. The molecule has 2 fully saturated rings. The van der Waals surface area contributed by atoms with Gasteiger partial charge in [-0.3, -0.25) is 9.69 Å². The van der Waals surface area contributed by atoms with Gasteiger partial charge in [0.25, 0.3) is 0 Å². The summed E-state index contributed by atoms with van der Waals surface area (Å²) in [5.41, 5.74) is 0. The van der Waals surface area contributed by atoms with E-state index in [0.29, 0.717) is 39.0 Å². The molecular weight excluding hydrogens is 325 g/mol. The summed E-state index contributed by atoms with van der Waals surface area (Å²) in [6.45, 7) is 4.69. The average Bonchev–Trinajstić information content (AvgIpc) is 2.47. The number of nitrogens with zero attached hydrogens (tertiary/aromatic N) is 3. The molecule has 0 radical (unpaired) electrons. The molecule has 1 N–H and O–H groups in total. The van der Waals surface area contributed by atoms with Crippen molar-refractivity contribution in [2.75, 3.05) is 39.3 Å². The molecule has 0 aliphatic carbocycles. The normalized spacial score (nSPS) is 23.8. The van der Waals surface area contributed by atoms with Crippen LogP contribution in [0.15, 0.2) is 0 Å². The number of hydrogen-bond donors (Lipinski definition) is 1. The smallest absolute Gasteiger partial charge is 0.336 e. The second-order valence-corrected chi connectivity index (χ2v) is 6.66. The van der Waals surface area contributed by atoms with Crippen molar-refractivity contribution < 1.29 is 22.8 Å². The summed E-state index contributed by atoms with van der Waals surface area (Å²) < 4.78 is 37.7. The van der Waals surface area contributed by atoms with Crippen molar-refractivity contribution in [3.63, 3.8) is 0 Å². The van der Waals surface area contributed by atoms with Crippen LogP contribution in [0.3, 0.4) is 0 Å². The molecule has 0 unspecified atom stereocenters. The topological polar surface area (TPSA) is 55.9 Å². The molecule has 24 heavy (non-hydrogen) atoms.